The Hall–Kier alpha value is -1.04. The molecule has 0 bridgehead atoms. The summed E-state index contributed by atoms with van der Waals surface area (Å²) in [5.41, 5.74) is 5.46. The highest BCUT2D eigenvalue weighted by atomic mass is 35.5. The normalized spacial score (nSPS) is 14.0. The number of nitrogens with two attached hydrogens (primary N) is 1. The number of pyridine rings is 1. The van der Waals surface area contributed by atoms with E-state index in [1.54, 1.807) is 0 Å². The molecule has 2 heterocycles. The molecular formula is C16H28Cl2N4O. The molecule has 0 radical (unpaired) electrons. The maximum absolute atomic E-state index is 12.1. The number of hydrogen-bond donors (Lipinski definition) is 1. The number of carbonyl (C=O) groups excluding carboxylic acids is 1. The van der Waals surface area contributed by atoms with Gasteiger partial charge in [-0.1, -0.05) is 18.9 Å². The van der Waals surface area contributed by atoms with Crippen molar-refractivity contribution in [1.82, 2.24) is 9.88 Å². The molecule has 5 nitrogen and oxygen atoms in total. The number of anilines is 1. The number of amides is 1. The molecule has 0 atom stereocenters. The van der Waals surface area contributed by atoms with Gasteiger partial charge in [-0.3, -0.25) is 4.79 Å². The van der Waals surface area contributed by atoms with Crippen LogP contribution in [0.5, 0.6) is 0 Å². The van der Waals surface area contributed by atoms with E-state index in [0.29, 0.717) is 12.3 Å². The van der Waals surface area contributed by atoms with E-state index in [9.17, 15) is 4.79 Å². The Morgan fingerprint density at radius 3 is 2.35 bits per heavy atom. The number of hydrogen-bond acceptors (Lipinski definition) is 4. The molecular weight excluding hydrogens is 335 g/mol. The molecule has 2 N–H and O–H groups in total. The van der Waals surface area contributed by atoms with E-state index < -0.39 is 0 Å². The zero-order valence-electron chi connectivity index (χ0n) is 13.5. The van der Waals surface area contributed by atoms with Gasteiger partial charge in [-0.05, 0) is 31.5 Å². The third-order valence-corrected chi connectivity index (χ3v) is 3.95. The van der Waals surface area contributed by atoms with Crippen LogP contribution < -0.4 is 10.6 Å². The first-order valence-electron chi connectivity index (χ1n) is 7.95. The van der Waals surface area contributed by atoms with Gasteiger partial charge in [0.15, 0.2) is 0 Å². The lowest BCUT2D eigenvalue weighted by Gasteiger charge is -2.35. The standard InChI is InChI=1S/C16H26N4O.2ClH/c17-9-5-2-1-3-8-16(21)20-13-11-19(12-14-20)15-7-4-6-10-18-15;;/h4,6-7,10H,1-3,5,8-9,11-14,17H2;2*1H. The molecule has 2 rings (SSSR count). The average Bonchev–Trinajstić information content (AvgIpc) is 2.55. The van der Waals surface area contributed by atoms with Crippen molar-refractivity contribution in [2.75, 3.05) is 37.6 Å². The van der Waals surface area contributed by atoms with Crippen molar-refractivity contribution < 1.29 is 4.79 Å². The van der Waals surface area contributed by atoms with Gasteiger partial charge in [0.1, 0.15) is 5.82 Å². The van der Waals surface area contributed by atoms with Gasteiger partial charge in [-0.25, -0.2) is 4.98 Å². The smallest absolute Gasteiger partial charge is 0.222 e. The highest BCUT2D eigenvalue weighted by molar-refractivity contribution is 5.85. The van der Waals surface area contributed by atoms with Crippen LogP contribution in [0.4, 0.5) is 5.82 Å². The van der Waals surface area contributed by atoms with Crippen LogP contribution >= 0.6 is 24.8 Å². The Kier molecular flexibility index (Phi) is 11.8. The van der Waals surface area contributed by atoms with Crippen molar-refractivity contribution in [2.24, 2.45) is 5.73 Å². The number of unbranched alkanes of at least 4 members (excludes halogenated alkanes) is 3. The minimum atomic E-state index is 0. The van der Waals surface area contributed by atoms with Gasteiger partial charge in [0.2, 0.25) is 5.91 Å². The van der Waals surface area contributed by atoms with Crippen LogP contribution in [0, 0.1) is 0 Å². The third kappa shape index (κ3) is 7.38. The van der Waals surface area contributed by atoms with Crippen LogP contribution in [-0.4, -0.2) is 48.5 Å². The van der Waals surface area contributed by atoms with E-state index in [1.807, 2.05) is 29.3 Å². The summed E-state index contributed by atoms with van der Waals surface area (Å²) in [5, 5.41) is 0. The second-order valence-electron chi connectivity index (χ2n) is 5.51. The molecule has 0 aromatic carbocycles. The first-order chi connectivity index (χ1) is 10.3. The number of carbonyl (C=O) groups is 1. The van der Waals surface area contributed by atoms with Crippen LogP contribution in [-0.2, 0) is 4.79 Å². The second-order valence-corrected chi connectivity index (χ2v) is 5.51. The Balaban J connectivity index is 0.00000242. The van der Waals surface area contributed by atoms with E-state index in [-0.39, 0.29) is 24.8 Å². The minimum Gasteiger partial charge on any atom is -0.353 e. The number of aromatic nitrogens is 1. The topological polar surface area (TPSA) is 62.5 Å². The molecule has 0 spiro atoms. The van der Waals surface area contributed by atoms with Crippen molar-refractivity contribution in [3.63, 3.8) is 0 Å². The molecule has 0 unspecified atom stereocenters. The summed E-state index contributed by atoms with van der Waals surface area (Å²) in [6.45, 7) is 4.10. The molecule has 0 saturated carbocycles. The lowest BCUT2D eigenvalue weighted by molar-refractivity contribution is -0.131. The fraction of sp³-hybridized carbons (Fsp3) is 0.625. The summed E-state index contributed by atoms with van der Waals surface area (Å²) in [6, 6.07) is 5.95. The molecule has 7 heteroatoms. The maximum atomic E-state index is 12.1. The predicted octanol–water partition coefficient (Wildman–Crippen LogP) is 2.48. The van der Waals surface area contributed by atoms with Crippen LogP contribution in [0.2, 0.25) is 0 Å². The fourth-order valence-corrected chi connectivity index (χ4v) is 2.66. The van der Waals surface area contributed by atoms with Crippen molar-refractivity contribution in [3.8, 4) is 0 Å². The Morgan fingerprint density at radius 2 is 1.74 bits per heavy atom. The van der Waals surface area contributed by atoms with Gasteiger partial charge in [-0.2, -0.15) is 0 Å². The van der Waals surface area contributed by atoms with E-state index in [0.717, 1.165) is 64.2 Å². The van der Waals surface area contributed by atoms with Gasteiger partial charge in [-0.15, -0.1) is 24.8 Å². The molecule has 1 aliphatic rings. The summed E-state index contributed by atoms with van der Waals surface area (Å²) in [6.07, 6.45) is 6.78. The summed E-state index contributed by atoms with van der Waals surface area (Å²) < 4.78 is 0. The highest BCUT2D eigenvalue weighted by Crippen LogP contribution is 2.13. The van der Waals surface area contributed by atoms with Crippen molar-refractivity contribution in [2.45, 2.75) is 32.1 Å². The molecule has 132 valence electrons. The van der Waals surface area contributed by atoms with Crippen LogP contribution in [0.1, 0.15) is 32.1 Å². The summed E-state index contributed by atoms with van der Waals surface area (Å²) >= 11 is 0. The van der Waals surface area contributed by atoms with Gasteiger partial charge < -0.3 is 15.5 Å². The summed E-state index contributed by atoms with van der Waals surface area (Å²) in [7, 11) is 0. The van der Waals surface area contributed by atoms with Gasteiger partial charge >= 0.3 is 0 Å². The minimum absolute atomic E-state index is 0. The summed E-state index contributed by atoms with van der Waals surface area (Å²) in [4.78, 5) is 20.7. The number of rotatable bonds is 7. The third-order valence-electron chi connectivity index (χ3n) is 3.95. The molecule has 1 aromatic heterocycles. The Bertz CT molecular complexity index is 425. The van der Waals surface area contributed by atoms with Crippen LogP contribution in [0.15, 0.2) is 24.4 Å². The molecule has 1 amide bonds. The second kappa shape index (κ2) is 12.4. The highest BCUT2D eigenvalue weighted by Gasteiger charge is 2.21. The van der Waals surface area contributed by atoms with Crippen molar-refractivity contribution >= 4 is 36.5 Å². The Labute approximate surface area is 151 Å². The van der Waals surface area contributed by atoms with Crippen LogP contribution in [0.3, 0.4) is 0 Å². The molecule has 1 saturated heterocycles. The van der Waals surface area contributed by atoms with E-state index in [1.165, 1.54) is 0 Å². The van der Waals surface area contributed by atoms with Gasteiger partial charge in [0.25, 0.3) is 0 Å². The van der Waals surface area contributed by atoms with E-state index in [2.05, 4.69) is 9.88 Å². The fourth-order valence-electron chi connectivity index (χ4n) is 2.66. The SMILES string of the molecule is Cl.Cl.NCCCCCCC(=O)N1CCN(c2ccccn2)CC1. The van der Waals surface area contributed by atoms with Crippen molar-refractivity contribution in [1.29, 1.82) is 0 Å². The zero-order valence-corrected chi connectivity index (χ0v) is 15.2. The number of halogens is 2. The molecule has 1 aromatic rings. The van der Waals surface area contributed by atoms with Crippen LogP contribution in [0.25, 0.3) is 0 Å². The lowest BCUT2D eigenvalue weighted by atomic mass is 10.1. The van der Waals surface area contributed by atoms with Gasteiger partial charge in [0.05, 0.1) is 0 Å². The Morgan fingerprint density at radius 1 is 1.04 bits per heavy atom. The van der Waals surface area contributed by atoms with Crippen molar-refractivity contribution in [3.05, 3.63) is 24.4 Å². The largest absolute Gasteiger partial charge is 0.353 e. The maximum Gasteiger partial charge on any atom is 0.222 e. The first kappa shape index (κ1) is 22.0. The summed E-state index contributed by atoms with van der Waals surface area (Å²) in [5.74, 6) is 1.30. The number of nitrogens with zero attached hydrogens (tertiary/aromatic N) is 3. The molecule has 23 heavy (non-hydrogen) atoms. The zero-order chi connectivity index (χ0) is 14.9. The quantitative estimate of drug-likeness (QED) is 0.756. The molecule has 1 fully saturated rings. The first-order valence-corrected chi connectivity index (χ1v) is 7.95. The number of piperazine rings is 1. The molecule has 0 aliphatic carbocycles. The monoisotopic (exact) mass is 362 g/mol. The van der Waals surface area contributed by atoms with E-state index in [4.69, 9.17) is 5.73 Å². The van der Waals surface area contributed by atoms with Gasteiger partial charge in [0, 0.05) is 38.8 Å². The lowest BCUT2D eigenvalue weighted by Crippen LogP contribution is -2.49. The van der Waals surface area contributed by atoms with E-state index >= 15 is 0 Å². The predicted molar refractivity (Wildman–Crippen MR) is 99.7 cm³/mol. The molecule has 1 aliphatic heterocycles. The average molecular weight is 363 g/mol.